The summed E-state index contributed by atoms with van der Waals surface area (Å²) >= 11 is 0. The highest BCUT2D eigenvalue weighted by molar-refractivity contribution is 5.75. The van der Waals surface area contributed by atoms with Gasteiger partial charge in [-0.3, -0.25) is 4.79 Å². The molecule has 21 heavy (non-hydrogen) atoms. The van der Waals surface area contributed by atoms with Crippen LogP contribution in [0.1, 0.15) is 24.8 Å². The summed E-state index contributed by atoms with van der Waals surface area (Å²) in [6.45, 7) is 0.939. The molecule has 118 valence electrons. The number of carbonyl (C=O) groups excluding carboxylic acids is 1. The van der Waals surface area contributed by atoms with Crippen LogP contribution in [0.3, 0.4) is 0 Å². The number of alkyl halides is 3. The first-order chi connectivity index (χ1) is 9.87. The first kappa shape index (κ1) is 17.3. The van der Waals surface area contributed by atoms with Crippen LogP contribution in [0.15, 0.2) is 24.3 Å². The molecule has 1 aromatic carbocycles. The number of ether oxygens (including phenoxy) is 1. The van der Waals surface area contributed by atoms with Crippen molar-refractivity contribution in [1.82, 2.24) is 5.32 Å². The maximum atomic E-state index is 11.9. The van der Waals surface area contributed by atoms with E-state index in [9.17, 15) is 18.0 Å². The fraction of sp³-hybridized carbons (Fsp3) is 0.500. The van der Waals surface area contributed by atoms with E-state index >= 15 is 0 Å². The van der Waals surface area contributed by atoms with Crippen LogP contribution < -0.4 is 15.8 Å². The number of rotatable bonds is 9. The minimum absolute atomic E-state index is 0.135. The van der Waals surface area contributed by atoms with Gasteiger partial charge in [-0.2, -0.15) is 13.2 Å². The summed E-state index contributed by atoms with van der Waals surface area (Å²) in [6.07, 6.45) is -4.18. The molecule has 1 aromatic rings. The molecule has 0 aliphatic rings. The van der Waals surface area contributed by atoms with Gasteiger partial charge in [0.05, 0.1) is 0 Å². The van der Waals surface area contributed by atoms with E-state index in [1.165, 1.54) is 0 Å². The molecule has 0 radical (unpaired) electrons. The molecule has 7 heteroatoms. The van der Waals surface area contributed by atoms with Gasteiger partial charge in [0.25, 0.3) is 5.91 Å². The summed E-state index contributed by atoms with van der Waals surface area (Å²) in [5.41, 5.74) is 5.94. The molecule has 4 nitrogen and oxygen atoms in total. The molecule has 0 spiro atoms. The second-order valence-electron chi connectivity index (χ2n) is 4.65. The number of amides is 1. The molecule has 1 amide bonds. The summed E-state index contributed by atoms with van der Waals surface area (Å²) in [7, 11) is 0. The molecule has 0 aliphatic heterocycles. The van der Waals surface area contributed by atoms with Gasteiger partial charge >= 0.3 is 6.18 Å². The van der Waals surface area contributed by atoms with Crippen molar-refractivity contribution in [3.63, 3.8) is 0 Å². The lowest BCUT2D eigenvalue weighted by Crippen LogP contribution is -2.20. The van der Waals surface area contributed by atoms with Crippen molar-refractivity contribution in [3.05, 3.63) is 29.8 Å². The highest BCUT2D eigenvalue weighted by Crippen LogP contribution is 2.21. The number of halogens is 3. The number of primary amides is 1. The Morgan fingerprint density at radius 3 is 2.43 bits per heavy atom. The summed E-state index contributed by atoms with van der Waals surface area (Å²) in [4.78, 5) is 10.5. The smallest absolute Gasteiger partial charge is 0.389 e. The second-order valence-corrected chi connectivity index (χ2v) is 4.65. The molecule has 0 aromatic heterocycles. The first-order valence-corrected chi connectivity index (χ1v) is 6.64. The second kappa shape index (κ2) is 8.51. The number of hydrogen-bond donors (Lipinski definition) is 2. The Balaban J connectivity index is 2.16. The Morgan fingerprint density at radius 1 is 1.19 bits per heavy atom. The van der Waals surface area contributed by atoms with Gasteiger partial charge in [-0.25, -0.2) is 0 Å². The van der Waals surface area contributed by atoms with Crippen molar-refractivity contribution in [1.29, 1.82) is 0 Å². The van der Waals surface area contributed by atoms with Gasteiger partial charge in [-0.05, 0) is 37.1 Å². The van der Waals surface area contributed by atoms with Crippen molar-refractivity contribution >= 4 is 5.91 Å². The largest absolute Gasteiger partial charge is 0.484 e. The van der Waals surface area contributed by atoms with Crippen LogP contribution in [0.2, 0.25) is 0 Å². The fourth-order valence-corrected chi connectivity index (χ4v) is 1.67. The Kier molecular flexibility index (Phi) is 7.01. The van der Waals surface area contributed by atoms with E-state index in [0.717, 1.165) is 5.56 Å². The number of benzene rings is 1. The molecule has 0 atom stereocenters. The van der Waals surface area contributed by atoms with Gasteiger partial charge in [0.2, 0.25) is 0 Å². The predicted octanol–water partition coefficient (Wildman–Crippen LogP) is 2.37. The Labute approximate surface area is 121 Å². The van der Waals surface area contributed by atoms with Crippen molar-refractivity contribution in [2.24, 2.45) is 5.73 Å². The average Bonchev–Trinajstić information content (AvgIpc) is 2.40. The third-order valence-corrected chi connectivity index (χ3v) is 2.70. The summed E-state index contributed by atoms with van der Waals surface area (Å²) < 4.78 is 40.9. The molecular formula is C14H19F3N2O2. The zero-order chi connectivity index (χ0) is 15.7. The topological polar surface area (TPSA) is 64.4 Å². The highest BCUT2D eigenvalue weighted by Gasteiger charge is 2.25. The van der Waals surface area contributed by atoms with E-state index < -0.39 is 18.5 Å². The lowest BCUT2D eigenvalue weighted by atomic mass is 10.2. The van der Waals surface area contributed by atoms with E-state index in [0.29, 0.717) is 25.3 Å². The molecule has 3 N–H and O–H groups in total. The average molecular weight is 304 g/mol. The van der Waals surface area contributed by atoms with E-state index in [2.05, 4.69) is 5.32 Å². The number of unbranched alkanes of at least 4 members (excludes halogenated alkanes) is 1. The van der Waals surface area contributed by atoms with Crippen LogP contribution in [0.25, 0.3) is 0 Å². The van der Waals surface area contributed by atoms with Crippen molar-refractivity contribution < 1.29 is 22.7 Å². The van der Waals surface area contributed by atoms with Crippen molar-refractivity contribution in [2.75, 3.05) is 13.2 Å². The summed E-state index contributed by atoms with van der Waals surface area (Å²) in [5.74, 6) is 0.00215. The fourth-order valence-electron chi connectivity index (χ4n) is 1.67. The molecular weight excluding hydrogens is 285 g/mol. The number of carbonyl (C=O) groups is 1. The number of nitrogens with two attached hydrogens (primary N) is 1. The standard InChI is InChI=1S/C14H19F3N2O2/c15-14(16,17)7-1-2-8-19-9-11-3-5-12(6-4-11)21-10-13(18)20/h3-6,19H,1-2,7-10H2,(H2,18,20). The molecule has 0 unspecified atom stereocenters. The monoisotopic (exact) mass is 304 g/mol. The third-order valence-electron chi connectivity index (χ3n) is 2.70. The van der Waals surface area contributed by atoms with E-state index in [-0.39, 0.29) is 13.0 Å². The molecule has 0 fully saturated rings. The van der Waals surface area contributed by atoms with Gasteiger partial charge in [0.15, 0.2) is 6.61 Å². The van der Waals surface area contributed by atoms with Crippen LogP contribution in [0.4, 0.5) is 13.2 Å². The lowest BCUT2D eigenvalue weighted by Gasteiger charge is -2.08. The minimum atomic E-state index is -4.07. The van der Waals surface area contributed by atoms with Crippen molar-refractivity contribution in [3.8, 4) is 5.75 Å². The van der Waals surface area contributed by atoms with Gasteiger partial charge in [0.1, 0.15) is 5.75 Å². The van der Waals surface area contributed by atoms with Crippen LogP contribution >= 0.6 is 0 Å². The SMILES string of the molecule is NC(=O)COc1ccc(CNCCCCC(F)(F)F)cc1. The maximum absolute atomic E-state index is 11.9. The number of hydrogen-bond acceptors (Lipinski definition) is 3. The van der Waals surface area contributed by atoms with Crippen LogP contribution in [-0.4, -0.2) is 25.2 Å². The quantitative estimate of drug-likeness (QED) is 0.688. The van der Waals surface area contributed by atoms with Gasteiger partial charge in [-0.15, -0.1) is 0 Å². The molecule has 0 aliphatic carbocycles. The molecule has 1 rings (SSSR count). The molecule has 0 saturated carbocycles. The van der Waals surface area contributed by atoms with E-state index in [4.69, 9.17) is 10.5 Å². The number of nitrogens with one attached hydrogen (secondary N) is 1. The van der Waals surface area contributed by atoms with Crippen LogP contribution in [-0.2, 0) is 11.3 Å². The highest BCUT2D eigenvalue weighted by atomic mass is 19.4. The third kappa shape index (κ3) is 8.91. The first-order valence-electron chi connectivity index (χ1n) is 6.64. The normalized spacial score (nSPS) is 11.4. The Hall–Kier alpha value is -1.76. The minimum Gasteiger partial charge on any atom is -0.484 e. The summed E-state index contributed by atoms with van der Waals surface area (Å²) in [5, 5.41) is 3.08. The van der Waals surface area contributed by atoms with Crippen LogP contribution in [0.5, 0.6) is 5.75 Å². The van der Waals surface area contributed by atoms with E-state index in [1.54, 1.807) is 12.1 Å². The Bertz CT molecular complexity index is 433. The summed E-state index contributed by atoms with van der Waals surface area (Å²) in [6, 6.07) is 7.06. The molecule has 0 saturated heterocycles. The van der Waals surface area contributed by atoms with E-state index in [1.807, 2.05) is 12.1 Å². The molecule has 0 bridgehead atoms. The van der Waals surface area contributed by atoms with Gasteiger partial charge < -0.3 is 15.8 Å². The van der Waals surface area contributed by atoms with Crippen LogP contribution in [0, 0.1) is 0 Å². The van der Waals surface area contributed by atoms with Gasteiger partial charge in [0, 0.05) is 13.0 Å². The predicted molar refractivity (Wildman–Crippen MR) is 72.7 cm³/mol. The molecule has 0 heterocycles. The zero-order valence-electron chi connectivity index (χ0n) is 11.6. The van der Waals surface area contributed by atoms with Crippen molar-refractivity contribution in [2.45, 2.75) is 32.0 Å². The maximum Gasteiger partial charge on any atom is 0.389 e. The Morgan fingerprint density at radius 2 is 1.86 bits per heavy atom. The zero-order valence-corrected chi connectivity index (χ0v) is 11.6. The van der Waals surface area contributed by atoms with Gasteiger partial charge in [-0.1, -0.05) is 12.1 Å². The lowest BCUT2D eigenvalue weighted by molar-refractivity contribution is -0.135.